The number of phenolic OH excluding ortho intramolecular Hbond substituents is 1. The first-order valence-electron chi connectivity index (χ1n) is 10.7. The van der Waals surface area contributed by atoms with Crippen LogP contribution in [0.5, 0.6) is 5.75 Å². The molecule has 0 bridgehead atoms. The molecule has 34 heavy (non-hydrogen) atoms. The molecule has 0 saturated heterocycles. The number of phenols is 1. The second kappa shape index (κ2) is 7.97. The summed E-state index contributed by atoms with van der Waals surface area (Å²) in [5.74, 6) is -10.9. The van der Waals surface area contributed by atoms with Gasteiger partial charge in [-0.05, 0) is 56.1 Å². The SMILES string of the molecule is CN(C)[C@@H]1C(=O)C(C(N)=O)C(=O)[C@@]2(O)C(=O)C3C(=O)c4c(O)ccc(C=CC#N)c4C[C@H]3C[C@@H]12. The Kier molecular flexibility index (Phi) is 5.50. The summed E-state index contributed by atoms with van der Waals surface area (Å²) in [6.07, 6.45) is 2.82. The van der Waals surface area contributed by atoms with Gasteiger partial charge in [0.1, 0.15) is 5.75 Å². The molecule has 0 radical (unpaired) electrons. The molecule has 0 aliphatic heterocycles. The van der Waals surface area contributed by atoms with Crippen LogP contribution in [0, 0.1) is 35.0 Å². The van der Waals surface area contributed by atoms with E-state index in [-0.39, 0.29) is 24.2 Å². The molecule has 6 atom stereocenters. The number of fused-ring (bicyclic) bond motifs is 3. The number of primary amides is 1. The number of aromatic hydroxyl groups is 1. The topological polar surface area (TPSA) is 179 Å². The Labute approximate surface area is 194 Å². The number of carbonyl (C=O) groups excluding carboxylic acids is 5. The molecule has 0 heterocycles. The van der Waals surface area contributed by atoms with Crippen LogP contribution in [0.25, 0.3) is 6.08 Å². The zero-order valence-corrected chi connectivity index (χ0v) is 18.5. The first-order chi connectivity index (χ1) is 16.0. The van der Waals surface area contributed by atoms with Crippen molar-refractivity contribution in [2.75, 3.05) is 14.1 Å². The van der Waals surface area contributed by atoms with Gasteiger partial charge in [0.15, 0.2) is 34.7 Å². The lowest BCUT2D eigenvalue weighted by atomic mass is 9.52. The molecule has 1 aromatic carbocycles. The highest BCUT2D eigenvalue weighted by molar-refractivity contribution is 6.32. The maximum Gasteiger partial charge on any atom is 0.235 e. The van der Waals surface area contributed by atoms with Gasteiger partial charge in [-0.25, -0.2) is 0 Å². The van der Waals surface area contributed by atoms with E-state index in [1.165, 1.54) is 37.2 Å². The number of carbonyl (C=O) groups is 5. The van der Waals surface area contributed by atoms with E-state index in [1.807, 2.05) is 6.07 Å². The molecule has 4 rings (SSSR count). The minimum Gasteiger partial charge on any atom is -0.507 e. The fourth-order valence-corrected chi connectivity index (χ4v) is 5.91. The molecular formula is C24H23N3O7. The molecule has 2 fully saturated rings. The molecule has 3 aliphatic carbocycles. The number of rotatable bonds is 3. The molecule has 4 N–H and O–H groups in total. The van der Waals surface area contributed by atoms with E-state index in [1.54, 1.807) is 6.07 Å². The largest absolute Gasteiger partial charge is 0.507 e. The van der Waals surface area contributed by atoms with Crippen molar-refractivity contribution in [1.82, 2.24) is 4.90 Å². The fraction of sp³-hybridized carbons (Fsp3) is 0.417. The molecule has 3 aliphatic rings. The highest BCUT2D eigenvalue weighted by Crippen LogP contribution is 2.51. The third-order valence-corrected chi connectivity index (χ3v) is 7.32. The summed E-state index contributed by atoms with van der Waals surface area (Å²) >= 11 is 0. The van der Waals surface area contributed by atoms with Crippen LogP contribution in [-0.2, 0) is 25.6 Å². The van der Waals surface area contributed by atoms with Crippen LogP contribution in [0.3, 0.4) is 0 Å². The normalized spacial score (nSPS) is 32.9. The first kappa shape index (κ1) is 23.5. The van der Waals surface area contributed by atoms with Gasteiger partial charge in [-0.3, -0.25) is 28.9 Å². The molecule has 2 unspecified atom stereocenters. The lowest BCUT2D eigenvalue weighted by Crippen LogP contribution is -2.74. The molecule has 176 valence electrons. The Hall–Kier alpha value is -3.68. The average molecular weight is 465 g/mol. The van der Waals surface area contributed by atoms with E-state index < -0.39 is 64.4 Å². The summed E-state index contributed by atoms with van der Waals surface area (Å²) in [4.78, 5) is 66.7. The number of nitriles is 1. The Morgan fingerprint density at radius 1 is 1.24 bits per heavy atom. The van der Waals surface area contributed by atoms with Gasteiger partial charge in [0.05, 0.1) is 23.6 Å². The van der Waals surface area contributed by atoms with Crippen LogP contribution < -0.4 is 5.73 Å². The summed E-state index contributed by atoms with van der Waals surface area (Å²) in [6.45, 7) is 0. The molecule has 1 amide bonds. The quantitative estimate of drug-likeness (QED) is 0.388. The molecule has 0 aromatic heterocycles. The van der Waals surface area contributed by atoms with Gasteiger partial charge in [0, 0.05) is 12.0 Å². The van der Waals surface area contributed by atoms with E-state index in [0.717, 1.165) is 0 Å². The zero-order chi connectivity index (χ0) is 25.1. The molecule has 0 spiro atoms. The molecule has 2 saturated carbocycles. The third kappa shape index (κ3) is 3.04. The second-order valence-electron chi connectivity index (χ2n) is 9.28. The number of likely N-dealkylation sites (N-methyl/N-ethyl adjacent to an activating group) is 1. The van der Waals surface area contributed by atoms with Crippen LogP contribution in [0.4, 0.5) is 0 Å². The number of nitrogens with zero attached hydrogens (tertiary/aromatic N) is 2. The van der Waals surface area contributed by atoms with Crippen molar-refractivity contribution in [3.63, 3.8) is 0 Å². The Bertz CT molecular complexity index is 1230. The van der Waals surface area contributed by atoms with E-state index in [4.69, 9.17) is 11.0 Å². The summed E-state index contributed by atoms with van der Waals surface area (Å²) < 4.78 is 0. The number of aliphatic hydroxyl groups is 1. The number of allylic oxidation sites excluding steroid dienone is 1. The van der Waals surface area contributed by atoms with Crippen molar-refractivity contribution in [2.45, 2.75) is 24.5 Å². The molecular weight excluding hydrogens is 442 g/mol. The van der Waals surface area contributed by atoms with Crippen molar-refractivity contribution < 1.29 is 34.2 Å². The Balaban J connectivity index is 1.88. The van der Waals surface area contributed by atoms with Crippen LogP contribution in [-0.4, -0.2) is 69.9 Å². The van der Waals surface area contributed by atoms with Crippen LogP contribution in [0.2, 0.25) is 0 Å². The van der Waals surface area contributed by atoms with Crippen molar-refractivity contribution in [2.24, 2.45) is 29.4 Å². The van der Waals surface area contributed by atoms with Crippen molar-refractivity contribution in [1.29, 1.82) is 5.26 Å². The Morgan fingerprint density at radius 3 is 2.50 bits per heavy atom. The zero-order valence-electron chi connectivity index (χ0n) is 18.5. The molecule has 10 nitrogen and oxygen atoms in total. The number of ketones is 4. The number of hydrogen-bond acceptors (Lipinski definition) is 9. The summed E-state index contributed by atoms with van der Waals surface area (Å²) in [5.41, 5.74) is 3.40. The monoisotopic (exact) mass is 465 g/mol. The van der Waals surface area contributed by atoms with Crippen LogP contribution >= 0.6 is 0 Å². The van der Waals surface area contributed by atoms with E-state index >= 15 is 0 Å². The van der Waals surface area contributed by atoms with Gasteiger partial charge in [0.25, 0.3) is 0 Å². The number of amides is 1. The van der Waals surface area contributed by atoms with E-state index in [0.29, 0.717) is 11.1 Å². The van der Waals surface area contributed by atoms with Crippen molar-refractivity contribution in [3.05, 3.63) is 34.9 Å². The number of nitrogens with two attached hydrogens (primary N) is 1. The van der Waals surface area contributed by atoms with Gasteiger partial charge >= 0.3 is 0 Å². The summed E-state index contributed by atoms with van der Waals surface area (Å²) in [5, 5.41) is 30.8. The third-order valence-electron chi connectivity index (χ3n) is 7.32. The van der Waals surface area contributed by atoms with Crippen LogP contribution in [0.1, 0.15) is 27.9 Å². The first-order valence-corrected chi connectivity index (χ1v) is 10.7. The summed E-state index contributed by atoms with van der Waals surface area (Å²) in [6, 6.07) is 3.53. The minimum atomic E-state index is -2.75. The van der Waals surface area contributed by atoms with Crippen molar-refractivity contribution in [3.8, 4) is 11.8 Å². The maximum atomic E-state index is 13.6. The standard InChI is InChI=1S/C24H23N3O7/c1-27(2)18-13-9-11-8-12-10(4-3-7-25)5-6-14(28)16(12)19(29)15(11)21(31)24(13,34)22(32)17(20(18)30)23(26)33/h3-6,11,13,15,17-18,28,34H,8-9H2,1-2H3,(H2,26,33)/t11-,13-,15?,17?,18-,24-/m0/s1. The lowest BCUT2D eigenvalue weighted by molar-refractivity contribution is -0.181. The van der Waals surface area contributed by atoms with Crippen molar-refractivity contribution >= 4 is 35.1 Å². The summed E-state index contributed by atoms with van der Waals surface area (Å²) in [7, 11) is 3.05. The number of Topliss-reactive ketones (excluding diaryl/α,β-unsaturated/α-hetero) is 4. The Morgan fingerprint density at radius 2 is 1.91 bits per heavy atom. The highest BCUT2D eigenvalue weighted by Gasteiger charge is 2.69. The predicted octanol–water partition coefficient (Wildman–Crippen LogP) is -0.596. The predicted molar refractivity (Wildman–Crippen MR) is 116 cm³/mol. The fourth-order valence-electron chi connectivity index (χ4n) is 5.91. The average Bonchev–Trinajstić information content (AvgIpc) is 2.75. The smallest absolute Gasteiger partial charge is 0.235 e. The second-order valence-corrected chi connectivity index (χ2v) is 9.28. The number of benzene rings is 1. The van der Waals surface area contributed by atoms with Gasteiger partial charge in [0.2, 0.25) is 5.91 Å². The van der Waals surface area contributed by atoms with E-state index in [9.17, 15) is 34.2 Å². The van der Waals surface area contributed by atoms with Crippen LogP contribution in [0.15, 0.2) is 18.2 Å². The van der Waals surface area contributed by atoms with Gasteiger partial charge in [-0.2, -0.15) is 5.26 Å². The lowest BCUT2D eigenvalue weighted by Gasteiger charge is -2.52. The van der Waals surface area contributed by atoms with Gasteiger partial charge in [-0.15, -0.1) is 0 Å². The maximum absolute atomic E-state index is 13.6. The molecule has 1 aromatic rings. The van der Waals surface area contributed by atoms with Gasteiger partial charge in [-0.1, -0.05) is 6.07 Å². The van der Waals surface area contributed by atoms with E-state index in [2.05, 4.69) is 0 Å². The van der Waals surface area contributed by atoms with Gasteiger partial charge < -0.3 is 15.9 Å². The molecule has 10 heteroatoms. The minimum absolute atomic E-state index is 0.0268. The number of hydrogen-bond donors (Lipinski definition) is 3. The highest BCUT2D eigenvalue weighted by atomic mass is 16.3.